The van der Waals surface area contributed by atoms with Crippen LogP contribution in [-0.4, -0.2) is 109 Å². The van der Waals surface area contributed by atoms with E-state index in [1.165, 1.54) is 0 Å². The van der Waals surface area contributed by atoms with Gasteiger partial charge in [0, 0.05) is 25.7 Å². The van der Waals surface area contributed by atoms with Crippen LogP contribution in [0.3, 0.4) is 0 Å². The zero-order chi connectivity index (χ0) is 26.4. The van der Waals surface area contributed by atoms with Crippen molar-refractivity contribution in [3.63, 3.8) is 0 Å². The summed E-state index contributed by atoms with van der Waals surface area (Å²) in [6, 6.07) is 9.28. The van der Waals surface area contributed by atoms with Gasteiger partial charge in [0.25, 0.3) is 12.9 Å². The second-order valence-electron chi connectivity index (χ2n) is 9.33. The molecule has 0 saturated heterocycles. The maximum Gasteiger partial charge on any atom is 0.317 e. The van der Waals surface area contributed by atoms with Crippen molar-refractivity contribution in [3.05, 3.63) is 35.9 Å². The topological polar surface area (TPSA) is 137 Å². The van der Waals surface area contributed by atoms with Gasteiger partial charge < -0.3 is 19.7 Å². The minimum Gasteiger partial charge on any atom is -0.480 e. The molecule has 1 atom stereocenters. The fourth-order valence-electron chi connectivity index (χ4n) is 4.83. The molecule has 0 aliphatic heterocycles. The molecule has 0 aromatic heterocycles. The smallest absolute Gasteiger partial charge is 0.317 e. The monoisotopic (exact) mass is 507 g/mol. The van der Waals surface area contributed by atoms with Crippen molar-refractivity contribution in [2.75, 3.05) is 52.7 Å². The highest BCUT2D eigenvalue weighted by molar-refractivity contribution is 5.69. The number of carboxylic acid groups (broad SMARTS) is 2. The minimum atomic E-state index is -0.972. The number of carboxylic acids is 2. The summed E-state index contributed by atoms with van der Waals surface area (Å²) in [5, 5.41) is 18.9. The highest BCUT2D eigenvalue weighted by Gasteiger charge is 2.41. The molecular weight excluding hydrogens is 470 g/mol. The van der Waals surface area contributed by atoms with Crippen molar-refractivity contribution in [2.24, 2.45) is 5.41 Å². The van der Waals surface area contributed by atoms with Crippen LogP contribution < -0.4 is 0 Å². The lowest BCUT2D eigenvalue weighted by atomic mass is 9.68. The Kier molecular flexibility index (Phi) is 12.3. The van der Waals surface area contributed by atoms with Crippen LogP contribution in [0.5, 0.6) is 0 Å². The lowest BCUT2D eigenvalue weighted by Gasteiger charge is -2.48. The second kappa shape index (κ2) is 15.2. The van der Waals surface area contributed by atoms with Crippen LogP contribution in [0.2, 0.25) is 0 Å². The quantitative estimate of drug-likeness (QED) is 0.194. The van der Waals surface area contributed by atoms with Gasteiger partial charge in [-0.3, -0.25) is 29.0 Å². The first-order valence-corrected chi connectivity index (χ1v) is 12.1. The highest BCUT2D eigenvalue weighted by atomic mass is 16.6. The number of carbonyl (C=O) groups excluding carboxylic acids is 2. The average Bonchev–Trinajstić information content (AvgIpc) is 2.81. The summed E-state index contributed by atoms with van der Waals surface area (Å²) in [6.07, 6.45) is 3.28. The first-order chi connectivity index (χ1) is 17.3. The van der Waals surface area contributed by atoms with E-state index in [2.05, 4.69) is 0 Å². The van der Waals surface area contributed by atoms with E-state index < -0.39 is 11.9 Å². The molecule has 0 radical (unpaired) electrons. The Labute approximate surface area is 211 Å². The SMILES string of the molecule is CCN(CC(=O)O)CC1(CN(CC(=O)O)CC(Cc2ccccc2)N(COC=O)COC=O)CCC1. The molecule has 1 unspecified atom stereocenters. The Morgan fingerprint density at radius 3 is 2.00 bits per heavy atom. The van der Waals surface area contributed by atoms with E-state index in [-0.39, 0.29) is 38.0 Å². The molecule has 2 N–H and O–H groups in total. The van der Waals surface area contributed by atoms with Crippen molar-refractivity contribution in [1.82, 2.24) is 14.7 Å². The van der Waals surface area contributed by atoms with E-state index in [4.69, 9.17) is 9.47 Å². The summed E-state index contributed by atoms with van der Waals surface area (Å²) < 4.78 is 9.93. The number of carbonyl (C=O) groups is 4. The molecule has 11 heteroatoms. The lowest BCUT2D eigenvalue weighted by molar-refractivity contribution is -0.145. The molecule has 1 aliphatic rings. The van der Waals surface area contributed by atoms with Crippen LogP contribution in [0.1, 0.15) is 31.7 Å². The zero-order valence-electron chi connectivity index (χ0n) is 20.8. The minimum absolute atomic E-state index is 0.0618. The molecule has 1 aromatic carbocycles. The van der Waals surface area contributed by atoms with Crippen LogP contribution in [0.4, 0.5) is 0 Å². The van der Waals surface area contributed by atoms with Crippen molar-refractivity contribution < 1.29 is 38.9 Å². The number of nitrogens with zero attached hydrogens (tertiary/aromatic N) is 3. The van der Waals surface area contributed by atoms with Crippen LogP contribution in [0.15, 0.2) is 30.3 Å². The average molecular weight is 508 g/mol. The van der Waals surface area contributed by atoms with Crippen molar-refractivity contribution in [2.45, 2.75) is 38.6 Å². The van der Waals surface area contributed by atoms with Gasteiger partial charge in [0.2, 0.25) is 0 Å². The van der Waals surface area contributed by atoms with E-state index in [1.807, 2.05) is 47.1 Å². The summed E-state index contributed by atoms with van der Waals surface area (Å²) in [4.78, 5) is 50.3. The van der Waals surface area contributed by atoms with Crippen LogP contribution >= 0.6 is 0 Å². The lowest BCUT2D eigenvalue weighted by Crippen LogP contribution is -2.54. The fourth-order valence-corrected chi connectivity index (χ4v) is 4.83. The molecule has 0 amide bonds. The van der Waals surface area contributed by atoms with Crippen molar-refractivity contribution in [3.8, 4) is 0 Å². The van der Waals surface area contributed by atoms with E-state index in [1.54, 1.807) is 4.90 Å². The Hall–Kier alpha value is -3.02. The number of aliphatic carboxylic acids is 2. The molecule has 1 saturated carbocycles. The predicted molar refractivity (Wildman–Crippen MR) is 130 cm³/mol. The predicted octanol–water partition coefficient (Wildman–Crippen LogP) is 1.12. The molecule has 0 bridgehead atoms. The normalized spacial score (nSPS) is 15.3. The van der Waals surface area contributed by atoms with Crippen LogP contribution in [-0.2, 0) is 35.1 Å². The maximum atomic E-state index is 11.8. The van der Waals surface area contributed by atoms with Gasteiger partial charge in [-0.05, 0) is 36.8 Å². The number of likely N-dealkylation sites (N-methyl/N-ethyl adjacent to an activating group) is 1. The molecule has 200 valence electrons. The third-order valence-electron chi connectivity index (χ3n) is 6.61. The molecule has 2 rings (SSSR count). The van der Waals surface area contributed by atoms with Crippen molar-refractivity contribution in [1.29, 1.82) is 0 Å². The van der Waals surface area contributed by atoms with Gasteiger partial charge in [0.1, 0.15) is 13.5 Å². The molecule has 1 aliphatic carbocycles. The molecule has 0 heterocycles. The van der Waals surface area contributed by atoms with E-state index in [0.717, 1.165) is 24.8 Å². The largest absolute Gasteiger partial charge is 0.480 e. The number of benzene rings is 1. The molecule has 11 nitrogen and oxygen atoms in total. The summed E-state index contributed by atoms with van der Waals surface area (Å²) in [5.74, 6) is -1.86. The summed E-state index contributed by atoms with van der Waals surface area (Å²) >= 11 is 0. The standard InChI is InChI=1S/C25H37N3O8/c1-2-26(13-23(31)32)15-25(9-6-10-25)16-27(14-24(33)34)12-22(11-21-7-4-3-5-8-21)28(17-35-19-29)18-36-20-30/h3-5,7-8,19-20,22H,2,6,9-18H2,1H3,(H,31,32)(H,33,34). The molecule has 1 fully saturated rings. The zero-order valence-corrected chi connectivity index (χ0v) is 20.8. The summed E-state index contributed by atoms with van der Waals surface area (Å²) in [7, 11) is 0. The van der Waals surface area contributed by atoms with Crippen LogP contribution in [0.25, 0.3) is 0 Å². The van der Waals surface area contributed by atoms with Gasteiger partial charge in [-0.25, -0.2) is 4.90 Å². The Morgan fingerprint density at radius 1 is 0.972 bits per heavy atom. The molecule has 36 heavy (non-hydrogen) atoms. The Balaban J connectivity index is 2.27. The first kappa shape index (κ1) is 29.2. The van der Waals surface area contributed by atoms with Gasteiger partial charge in [-0.1, -0.05) is 43.7 Å². The fraction of sp³-hybridized carbons (Fsp3) is 0.600. The number of rotatable bonds is 20. The third kappa shape index (κ3) is 9.92. The van der Waals surface area contributed by atoms with Crippen LogP contribution in [0, 0.1) is 5.41 Å². The van der Waals surface area contributed by atoms with Gasteiger partial charge >= 0.3 is 11.9 Å². The third-order valence-corrected chi connectivity index (χ3v) is 6.61. The van der Waals surface area contributed by atoms with Crippen molar-refractivity contribution >= 4 is 24.9 Å². The highest BCUT2D eigenvalue weighted by Crippen LogP contribution is 2.42. The van der Waals surface area contributed by atoms with Gasteiger partial charge in [0.05, 0.1) is 13.1 Å². The first-order valence-electron chi connectivity index (χ1n) is 12.1. The number of ether oxygens (including phenoxy) is 2. The molecule has 0 spiro atoms. The maximum absolute atomic E-state index is 11.8. The second-order valence-corrected chi connectivity index (χ2v) is 9.33. The van der Waals surface area contributed by atoms with E-state index >= 15 is 0 Å². The Bertz CT molecular complexity index is 822. The summed E-state index contributed by atoms with van der Waals surface area (Å²) in [6.45, 7) is 4.00. The molecule has 1 aromatic rings. The van der Waals surface area contributed by atoms with E-state index in [9.17, 15) is 29.4 Å². The molecular formula is C25H37N3O8. The van der Waals surface area contributed by atoms with Gasteiger partial charge in [-0.2, -0.15) is 0 Å². The number of hydrogen-bond acceptors (Lipinski definition) is 9. The van der Waals surface area contributed by atoms with Gasteiger partial charge in [0.15, 0.2) is 0 Å². The van der Waals surface area contributed by atoms with E-state index in [0.29, 0.717) is 45.5 Å². The Morgan fingerprint density at radius 2 is 1.53 bits per heavy atom. The number of hydrogen-bond donors (Lipinski definition) is 2. The summed E-state index contributed by atoms with van der Waals surface area (Å²) in [5.41, 5.74) is 0.790. The van der Waals surface area contributed by atoms with Gasteiger partial charge in [-0.15, -0.1) is 0 Å².